The van der Waals surface area contributed by atoms with Crippen LogP contribution in [0.25, 0.3) is 0 Å². The van der Waals surface area contributed by atoms with Gasteiger partial charge in [0.15, 0.2) is 0 Å². The fourth-order valence-corrected chi connectivity index (χ4v) is 2.94. The number of nitrogens with one attached hydrogen (secondary N) is 1. The smallest absolute Gasteiger partial charge is 0.0351 e. The summed E-state index contributed by atoms with van der Waals surface area (Å²) < 4.78 is 0. The Bertz CT molecular complexity index is 353. The van der Waals surface area contributed by atoms with Crippen molar-refractivity contribution in [2.45, 2.75) is 12.5 Å². The van der Waals surface area contributed by atoms with E-state index < -0.39 is 0 Å². The van der Waals surface area contributed by atoms with E-state index in [1.54, 1.807) is 0 Å². The molecule has 18 heavy (non-hydrogen) atoms. The summed E-state index contributed by atoms with van der Waals surface area (Å²) in [6.07, 6.45) is 1.19. The van der Waals surface area contributed by atoms with Crippen LogP contribution < -0.4 is 5.32 Å². The van der Waals surface area contributed by atoms with Crippen molar-refractivity contribution in [1.82, 2.24) is 15.1 Å². The minimum Gasteiger partial charge on any atom is -0.314 e. The molecular formula is C15H23N3. The Labute approximate surface area is 110 Å². The van der Waals surface area contributed by atoms with Gasteiger partial charge in [0.1, 0.15) is 0 Å². The second-order valence-electron chi connectivity index (χ2n) is 5.43. The van der Waals surface area contributed by atoms with Crippen LogP contribution in [0.1, 0.15) is 5.56 Å². The highest BCUT2D eigenvalue weighted by atomic mass is 15.3. The predicted octanol–water partition coefficient (Wildman–Crippen LogP) is 0.819. The van der Waals surface area contributed by atoms with Crippen LogP contribution in [0.2, 0.25) is 0 Å². The van der Waals surface area contributed by atoms with Crippen LogP contribution in [0.3, 0.4) is 0 Å². The van der Waals surface area contributed by atoms with Gasteiger partial charge in [0.2, 0.25) is 0 Å². The first kappa shape index (κ1) is 12.2. The number of nitrogens with zero attached hydrogens (tertiary/aromatic N) is 2. The standard InChI is InChI=1S/C15H23N3/c1-2-4-14(5-3-1)6-9-17-12-15(13-17)18-10-7-16-8-11-18/h1-5,15-16H,6-13H2. The molecule has 2 heterocycles. The van der Waals surface area contributed by atoms with E-state index in [-0.39, 0.29) is 0 Å². The second kappa shape index (κ2) is 5.83. The largest absolute Gasteiger partial charge is 0.314 e. The summed E-state index contributed by atoms with van der Waals surface area (Å²) in [4.78, 5) is 5.23. The third kappa shape index (κ3) is 2.91. The molecule has 3 heteroatoms. The molecule has 0 unspecified atom stereocenters. The van der Waals surface area contributed by atoms with Gasteiger partial charge in [-0.05, 0) is 12.0 Å². The van der Waals surface area contributed by atoms with Gasteiger partial charge in [0.05, 0.1) is 0 Å². The first-order valence-electron chi connectivity index (χ1n) is 7.13. The van der Waals surface area contributed by atoms with Gasteiger partial charge < -0.3 is 5.32 Å². The zero-order valence-corrected chi connectivity index (χ0v) is 11.0. The summed E-state index contributed by atoms with van der Waals surface area (Å²) in [6.45, 7) is 8.56. The minimum atomic E-state index is 0.822. The van der Waals surface area contributed by atoms with Crippen molar-refractivity contribution in [2.75, 3.05) is 45.8 Å². The van der Waals surface area contributed by atoms with Gasteiger partial charge in [-0.1, -0.05) is 30.3 Å². The third-order valence-corrected chi connectivity index (χ3v) is 4.17. The molecule has 2 aliphatic heterocycles. The number of hydrogen-bond acceptors (Lipinski definition) is 3. The quantitative estimate of drug-likeness (QED) is 0.847. The first-order valence-corrected chi connectivity index (χ1v) is 7.13. The lowest BCUT2D eigenvalue weighted by Crippen LogP contribution is -2.62. The summed E-state index contributed by atoms with van der Waals surface area (Å²) in [5.74, 6) is 0. The Kier molecular flexibility index (Phi) is 3.93. The van der Waals surface area contributed by atoms with Gasteiger partial charge in [-0.2, -0.15) is 0 Å². The molecule has 0 bridgehead atoms. The van der Waals surface area contributed by atoms with E-state index in [4.69, 9.17) is 0 Å². The van der Waals surface area contributed by atoms with Gasteiger partial charge in [-0.25, -0.2) is 0 Å². The fraction of sp³-hybridized carbons (Fsp3) is 0.600. The van der Waals surface area contributed by atoms with Crippen LogP contribution in [-0.4, -0.2) is 61.7 Å². The molecule has 0 radical (unpaired) electrons. The minimum absolute atomic E-state index is 0.822. The van der Waals surface area contributed by atoms with Crippen molar-refractivity contribution in [1.29, 1.82) is 0 Å². The molecule has 0 atom stereocenters. The molecule has 0 aromatic heterocycles. The molecule has 1 N–H and O–H groups in total. The Balaban J connectivity index is 1.37. The Morgan fingerprint density at radius 3 is 2.50 bits per heavy atom. The maximum Gasteiger partial charge on any atom is 0.0351 e. The Morgan fingerprint density at radius 1 is 1.06 bits per heavy atom. The van der Waals surface area contributed by atoms with Crippen molar-refractivity contribution in [3.8, 4) is 0 Å². The summed E-state index contributed by atoms with van der Waals surface area (Å²) >= 11 is 0. The average Bonchev–Trinajstić information content (AvgIpc) is 2.39. The lowest BCUT2D eigenvalue weighted by molar-refractivity contribution is 0.0282. The molecule has 2 saturated heterocycles. The van der Waals surface area contributed by atoms with E-state index in [9.17, 15) is 0 Å². The molecule has 1 aromatic rings. The van der Waals surface area contributed by atoms with Crippen LogP contribution in [0, 0.1) is 0 Å². The highest BCUT2D eigenvalue weighted by molar-refractivity contribution is 5.15. The van der Waals surface area contributed by atoms with Crippen LogP contribution in [-0.2, 0) is 6.42 Å². The SMILES string of the molecule is c1ccc(CCN2CC(N3CCNCC3)C2)cc1. The molecule has 3 nitrogen and oxygen atoms in total. The van der Waals surface area contributed by atoms with E-state index in [2.05, 4.69) is 45.4 Å². The lowest BCUT2D eigenvalue weighted by Gasteiger charge is -2.47. The zero-order chi connectivity index (χ0) is 12.2. The van der Waals surface area contributed by atoms with Crippen molar-refractivity contribution < 1.29 is 0 Å². The number of rotatable bonds is 4. The van der Waals surface area contributed by atoms with Gasteiger partial charge >= 0.3 is 0 Å². The molecular weight excluding hydrogens is 222 g/mol. The molecule has 0 spiro atoms. The normalized spacial score (nSPS) is 22.9. The molecule has 98 valence electrons. The van der Waals surface area contributed by atoms with Gasteiger partial charge in [0, 0.05) is 51.9 Å². The van der Waals surface area contributed by atoms with Crippen molar-refractivity contribution in [3.63, 3.8) is 0 Å². The topological polar surface area (TPSA) is 18.5 Å². The molecule has 0 aliphatic carbocycles. The Hall–Kier alpha value is -0.900. The van der Waals surface area contributed by atoms with Crippen molar-refractivity contribution in [3.05, 3.63) is 35.9 Å². The monoisotopic (exact) mass is 245 g/mol. The maximum atomic E-state index is 3.42. The van der Waals surface area contributed by atoms with Gasteiger partial charge in [-0.3, -0.25) is 9.80 Å². The molecule has 3 rings (SSSR count). The lowest BCUT2D eigenvalue weighted by atomic mass is 10.0. The van der Waals surface area contributed by atoms with Crippen molar-refractivity contribution >= 4 is 0 Å². The molecule has 1 aromatic carbocycles. The Morgan fingerprint density at radius 2 is 1.78 bits per heavy atom. The highest BCUT2D eigenvalue weighted by Crippen LogP contribution is 2.16. The predicted molar refractivity (Wildman–Crippen MR) is 74.8 cm³/mol. The number of likely N-dealkylation sites (tertiary alicyclic amines) is 1. The summed E-state index contributed by atoms with van der Waals surface area (Å²) in [5, 5.41) is 3.42. The van der Waals surface area contributed by atoms with Gasteiger partial charge in [-0.15, -0.1) is 0 Å². The van der Waals surface area contributed by atoms with Crippen LogP contribution in [0.5, 0.6) is 0 Å². The summed E-state index contributed by atoms with van der Waals surface area (Å²) in [7, 11) is 0. The van der Waals surface area contributed by atoms with Crippen LogP contribution in [0.15, 0.2) is 30.3 Å². The molecule has 2 fully saturated rings. The third-order valence-electron chi connectivity index (χ3n) is 4.17. The molecule has 0 amide bonds. The van der Waals surface area contributed by atoms with E-state index >= 15 is 0 Å². The first-order chi connectivity index (χ1) is 8.92. The molecule has 0 saturated carbocycles. The fourth-order valence-electron chi connectivity index (χ4n) is 2.94. The van der Waals surface area contributed by atoms with Crippen LogP contribution in [0.4, 0.5) is 0 Å². The van der Waals surface area contributed by atoms with E-state index in [1.807, 2.05) is 0 Å². The second-order valence-corrected chi connectivity index (χ2v) is 5.43. The summed E-state index contributed by atoms with van der Waals surface area (Å²) in [6, 6.07) is 11.6. The van der Waals surface area contributed by atoms with Crippen LogP contribution >= 0.6 is 0 Å². The highest BCUT2D eigenvalue weighted by Gasteiger charge is 2.31. The average molecular weight is 245 g/mol. The number of benzene rings is 1. The van der Waals surface area contributed by atoms with Gasteiger partial charge in [0.25, 0.3) is 0 Å². The van der Waals surface area contributed by atoms with E-state index in [0.717, 1.165) is 6.04 Å². The summed E-state index contributed by atoms with van der Waals surface area (Å²) in [5.41, 5.74) is 1.46. The number of hydrogen-bond donors (Lipinski definition) is 1. The maximum absolute atomic E-state index is 3.42. The molecule has 2 aliphatic rings. The van der Waals surface area contributed by atoms with E-state index in [0.29, 0.717) is 0 Å². The van der Waals surface area contributed by atoms with Crippen molar-refractivity contribution in [2.24, 2.45) is 0 Å². The zero-order valence-electron chi connectivity index (χ0n) is 11.0. The van der Waals surface area contributed by atoms with E-state index in [1.165, 1.54) is 57.8 Å². The number of piperazine rings is 1.